The molecule has 1 amide bonds. The molecule has 0 fully saturated rings. The van der Waals surface area contributed by atoms with Crippen LogP contribution in [0.2, 0.25) is 0 Å². The lowest BCUT2D eigenvalue weighted by Gasteiger charge is -2.22. The van der Waals surface area contributed by atoms with Crippen LogP contribution in [-0.2, 0) is 14.3 Å². The fraction of sp³-hybridized carbons (Fsp3) is 0.877. The van der Waals surface area contributed by atoms with E-state index in [1.54, 1.807) is 0 Å². The molecule has 0 aliphatic heterocycles. The molecule has 6 heteroatoms. The Kier molecular flexibility index (Phi) is 59.0. The molecule has 0 heterocycles. The van der Waals surface area contributed by atoms with Crippen molar-refractivity contribution in [3.63, 3.8) is 0 Å². The van der Waals surface area contributed by atoms with Crippen molar-refractivity contribution in [1.29, 1.82) is 0 Å². The second kappa shape index (κ2) is 60.6. The summed E-state index contributed by atoms with van der Waals surface area (Å²) in [4.78, 5) is 24.6. The number of rotatable bonds is 59. The van der Waals surface area contributed by atoms with Crippen LogP contribution < -0.4 is 5.32 Å². The first-order valence-corrected chi connectivity index (χ1v) is 31.7. The Labute approximate surface area is 443 Å². The van der Waals surface area contributed by atoms with E-state index < -0.39 is 12.1 Å². The Bertz CT molecular complexity index is 1150. The number of unbranched alkanes of at least 4 members (excludes halogenated alkanes) is 42. The highest BCUT2D eigenvalue weighted by Gasteiger charge is 2.20. The predicted octanol–water partition coefficient (Wildman–Crippen LogP) is 20.0. The second-order valence-electron chi connectivity index (χ2n) is 21.7. The van der Waals surface area contributed by atoms with E-state index in [9.17, 15) is 19.8 Å². The SMILES string of the molecule is CCCCCC/C=C\C/C=C\CCCCCCCCCC(=O)OCCCCCCCCC/C=C\CCCCCCCC(=O)NC(CO)C(O)CCCCCCCCCCCCCCCCCCCCCC. The number of amides is 1. The van der Waals surface area contributed by atoms with Crippen LogP contribution in [0.15, 0.2) is 36.5 Å². The van der Waals surface area contributed by atoms with Gasteiger partial charge in [-0.05, 0) is 83.5 Å². The molecule has 2 unspecified atom stereocenters. The quantitative estimate of drug-likeness (QED) is 0.0321. The molecule has 0 aliphatic rings. The summed E-state index contributed by atoms with van der Waals surface area (Å²) in [6.45, 7) is 4.93. The number of hydrogen-bond acceptors (Lipinski definition) is 5. The van der Waals surface area contributed by atoms with Gasteiger partial charge in [0.25, 0.3) is 0 Å². The lowest BCUT2D eigenvalue weighted by Crippen LogP contribution is -2.45. The first-order chi connectivity index (χ1) is 35.0. The zero-order valence-electron chi connectivity index (χ0n) is 47.7. The molecule has 71 heavy (non-hydrogen) atoms. The minimum Gasteiger partial charge on any atom is -0.466 e. The molecule has 0 bridgehead atoms. The number of carbonyl (C=O) groups excluding carboxylic acids is 2. The molecule has 0 aliphatic carbocycles. The number of ether oxygens (including phenoxy) is 1. The minimum absolute atomic E-state index is 0.00964. The van der Waals surface area contributed by atoms with Crippen LogP contribution in [-0.4, -0.2) is 47.4 Å². The summed E-state index contributed by atoms with van der Waals surface area (Å²) < 4.78 is 5.48. The standard InChI is InChI=1S/C65H123NO5/c1-3-5-7-9-11-13-15-17-19-21-23-24-25-29-33-37-41-45-49-53-57-63(68)62(61-67)66-64(69)58-54-50-46-42-38-34-30-27-28-32-36-40-44-48-52-56-60-71-65(70)59-55-51-47-43-39-35-31-26-22-20-18-16-14-12-10-8-6-4-2/h14,16,20,22,27,30,62-63,67-68H,3-13,15,17-19,21,23-26,28-29,31-61H2,1-2H3,(H,66,69)/b16-14-,22-20-,30-27-. The summed E-state index contributed by atoms with van der Waals surface area (Å²) in [6.07, 6.45) is 75.7. The van der Waals surface area contributed by atoms with Gasteiger partial charge in [0.05, 0.1) is 25.4 Å². The number of aliphatic hydroxyl groups is 2. The number of aliphatic hydroxyl groups excluding tert-OH is 2. The average Bonchev–Trinajstić information content (AvgIpc) is 3.37. The van der Waals surface area contributed by atoms with Gasteiger partial charge in [0, 0.05) is 12.8 Å². The van der Waals surface area contributed by atoms with E-state index in [-0.39, 0.29) is 18.5 Å². The molecule has 0 rings (SSSR count). The number of allylic oxidation sites excluding steroid dienone is 6. The Balaban J connectivity index is 3.46. The van der Waals surface area contributed by atoms with Crippen LogP contribution in [0.3, 0.4) is 0 Å². The summed E-state index contributed by atoms with van der Waals surface area (Å²) in [5, 5.41) is 23.4. The van der Waals surface area contributed by atoms with Gasteiger partial charge in [0.2, 0.25) is 5.91 Å². The summed E-state index contributed by atoms with van der Waals surface area (Å²) >= 11 is 0. The van der Waals surface area contributed by atoms with E-state index in [1.807, 2.05) is 0 Å². The van der Waals surface area contributed by atoms with Crippen molar-refractivity contribution in [2.45, 2.75) is 353 Å². The number of esters is 1. The van der Waals surface area contributed by atoms with Gasteiger partial charge in [-0.25, -0.2) is 0 Å². The third kappa shape index (κ3) is 57.2. The van der Waals surface area contributed by atoms with Crippen molar-refractivity contribution in [3.05, 3.63) is 36.5 Å². The fourth-order valence-electron chi connectivity index (χ4n) is 9.78. The van der Waals surface area contributed by atoms with Crippen LogP contribution in [0.1, 0.15) is 341 Å². The molecule has 0 aromatic rings. The molecule has 0 saturated heterocycles. The van der Waals surface area contributed by atoms with Crippen LogP contribution in [0.4, 0.5) is 0 Å². The van der Waals surface area contributed by atoms with Gasteiger partial charge in [-0.1, -0.05) is 281 Å². The molecule has 3 N–H and O–H groups in total. The molecular formula is C65H123NO5. The van der Waals surface area contributed by atoms with Crippen molar-refractivity contribution in [1.82, 2.24) is 5.32 Å². The van der Waals surface area contributed by atoms with Gasteiger partial charge in [-0.2, -0.15) is 0 Å². The Hall–Kier alpha value is -1.92. The molecule has 0 aromatic carbocycles. The molecule has 418 valence electrons. The summed E-state index contributed by atoms with van der Waals surface area (Å²) in [5.41, 5.74) is 0. The summed E-state index contributed by atoms with van der Waals surface area (Å²) in [7, 11) is 0. The maximum absolute atomic E-state index is 12.5. The Morgan fingerprint density at radius 1 is 0.394 bits per heavy atom. The van der Waals surface area contributed by atoms with Crippen molar-refractivity contribution in [3.8, 4) is 0 Å². The number of hydrogen-bond donors (Lipinski definition) is 3. The minimum atomic E-state index is -0.677. The Morgan fingerprint density at radius 2 is 0.704 bits per heavy atom. The van der Waals surface area contributed by atoms with Crippen molar-refractivity contribution in [2.75, 3.05) is 13.2 Å². The molecule has 0 aromatic heterocycles. The third-order valence-electron chi connectivity index (χ3n) is 14.7. The maximum atomic E-state index is 12.5. The number of nitrogens with one attached hydrogen (secondary N) is 1. The molecular weight excluding hydrogens is 875 g/mol. The average molecular weight is 999 g/mol. The van der Waals surface area contributed by atoms with Gasteiger partial charge in [0.1, 0.15) is 0 Å². The molecule has 6 nitrogen and oxygen atoms in total. The smallest absolute Gasteiger partial charge is 0.305 e. The number of carbonyl (C=O) groups is 2. The van der Waals surface area contributed by atoms with Gasteiger partial charge >= 0.3 is 5.97 Å². The third-order valence-corrected chi connectivity index (χ3v) is 14.7. The maximum Gasteiger partial charge on any atom is 0.305 e. The second-order valence-corrected chi connectivity index (χ2v) is 21.7. The monoisotopic (exact) mass is 998 g/mol. The predicted molar refractivity (Wildman–Crippen MR) is 310 cm³/mol. The first-order valence-electron chi connectivity index (χ1n) is 31.7. The van der Waals surface area contributed by atoms with Gasteiger partial charge in [0.15, 0.2) is 0 Å². The Morgan fingerprint density at radius 3 is 1.10 bits per heavy atom. The molecule has 2 atom stereocenters. The molecule has 0 radical (unpaired) electrons. The summed E-state index contributed by atoms with van der Waals surface area (Å²) in [6, 6.07) is -0.555. The highest BCUT2D eigenvalue weighted by molar-refractivity contribution is 5.76. The van der Waals surface area contributed by atoms with Crippen LogP contribution in [0, 0.1) is 0 Å². The normalized spacial score (nSPS) is 12.8. The highest BCUT2D eigenvalue weighted by Crippen LogP contribution is 2.17. The van der Waals surface area contributed by atoms with Crippen LogP contribution in [0.5, 0.6) is 0 Å². The molecule has 0 saturated carbocycles. The van der Waals surface area contributed by atoms with E-state index >= 15 is 0 Å². The van der Waals surface area contributed by atoms with Crippen molar-refractivity contribution >= 4 is 11.9 Å². The van der Waals surface area contributed by atoms with E-state index in [2.05, 4.69) is 55.6 Å². The van der Waals surface area contributed by atoms with Crippen LogP contribution >= 0.6 is 0 Å². The van der Waals surface area contributed by atoms with Gasteiger partial charge in [-0.15, -0.1) is 0 Å². The fourth-order valence-corrected chi connectivity index (χ4v) is 9.78. The van der Waals surface area contributed by atoms with E-state index in [1.165, 1.54) is 238 Å². The van der Waals surface area contributed by atoms with Gasteiger partial charge < -0.3 is 20.3 Å². The van der Waals surface area contributed by atoms with Gasteiger partial charge in [-0.3, -0.25) is 9.59 Å². The van der Waals surface area contributed by atoms with Crippen LogP contribution in [0.25, 0.3) is 0 Å². The lowest BCUT2D eigenvalue weighted by molar-refractivity contribution is -0.143. The first kappa shape index (κ1) is 69.1. The van der Waals surface area contributed by atoms with E-state index in [0.29, 0.717) is 25.9 Å². The lowest BCUT2D eigenvalue weighted by atomic mass is 10.0. The van der Waals surface area contributed by atoms with Crippen molar-refractivity contribution in [2.24, 2.45) is 0 Å². The van der Waals surface area contributed by atoms with E-state index in [0.717, 1.165) is 70.6 Å². The zero-order valence-corrected chi connectivity index (χ0v) is 47.7. The van der Waals surface area contributed by atoms with E-state index in [4.69, 9.17) is 4.74 Å². The largest absolute Gasteiger partial charge is 0.466 e. The van der Waals surface area contributed by atoms with Crippen molar-refractivity contribution < 1.29 is 24.5 Å². The molecule has 0 spiro atoms. The summed E-state index contributed by atoms with van der Waals surface area (Å²) in [5.74, 6) is -0.0594. The zero-order chi connectivity index (χ0) is 51.4. The topological polar surface area (TPSA) is 95.9 Å². The highest BCUT2D eigenvalue weighted by atomic mass is 16.5.